The minimum absolute atomic E-state index is 0.236. The number of aliphatic imine (C=N–C) groups is 2. The molecule has 0 saturated carbocycles. The second-order valence-corrected chi connectivity index (χ2v) is 14.1. The molecule has 0 unspecified atom stereocenters. The minimum Gasteiger partial charge on any atom is -0.465 e. The van der Waals surface area contributed by atoms with E-state index < -0.39 is 9.84 Å². The van der Waals surface area contributed by atoms with E-state index in [4.69, 9.17) is 18.9 Å². The molecule has 0 N–H and O–H groups in total. The van der Waals surface area contributed by atoms with Gasteiger partial charge >= 0.3 is 0 Å². The van der Waals surface area contributed by atoms with E-state index in [0.29, 0.717) is 29.0 Å². The lowest BCUT2D eigenvalue weighted by molar-refractivity contribution is 0.478. The van der Waals surface area contributed by atoms with Crippen LogP contribution in [-0.4, -0.2) is 32.7 Å². The lowest BCUT2D eigenvalue weighted by atomic mass is 10.3. The molecule has 10 heteroatoms. The highest BCUT2D eigenvalue weighted by molar-refractivity contribution is 7.98. The molecule has 0 heterocycles. The van der Waals surface area contributed by atoms with Gasteiger partial charge in [-0.15, -0.1) is 11.8 Å². The number of ether oxygens (including phenoxy) is 4. The quantitative estimate of drug-likeness (QED) is 0.0531. The number of para-hydroxylation sites is 4. The van der Waals surface area contributed by atoms with Crippen LogP contribution in [0.2, 0.25) is 0 Å². The molecule has 54 heavy (non-hydrogen) atoms. The summed E-state index contributed by atoms with van der Waals surface area (Å²) in [5, 5.41) is 0. The molecule has 8 nitrogen and oxygen atoms in total. The highest BCUT2D eigenvalue weighted by Crippen LogP contribution is 2.21. The smallest absolute Gasteiger partial charge is 0.222 e. The van der Waals surface area contributed by atoms with Gasteiger partial charge in [-0.1, -0.05) is 72.8 Å². The predicted octanol–water partition coefficient (Wildman–Crippen LogP) is 10.9. The summed E-state index contributed by atoms with van der Waals surface area (Å²) >= 11 is 1.70. The molecule has 6 aromatic rings. The van der Waals surface area contributed by atoms with E-state index in [0.717, 1.165) is 17.2 Å². The van der Waals surface area contributed by atoms with Crippen LogP contribution in [0, 0.1) is 0 Å². The highest BCUT2D eigenvalue weighted by Gasteiger charge is 2.07. The van der Waals surface area contributed by atoms with Gasteiger partial charge in [0.1, 0.15) is 23.0 Å². The third-order valence-electron chi connectivity index (χ3n) is 7.06. The van der Waals surface area contributed by atoms with E-state index in [1.54, 1.807) is 42.3 Å². The Morgan fingerprint density at radius 1 is 0.500 bits per heavy atom. The summed E-state index contributed by atoms with van der Waals surface area (Å²) in [6, 6.07) is 52.0. The first-order valence-corrected chi connectivity index (χ1v) is 19.8. The van der Waals surface area contributed by atoms with E-state index in [1.165, 1.54) is 29.5 Å². The van der Waals surface area contributed by atoms with Crippen molar-refractivity contribution >= 4 is 44.8 Å². The molecule has 0 radical (unpaired) electrons. The maximum absolute atomic E-state index is 11.6. The lowest BCUT2D eigenvalue weighted by Crippen LogP contribution is -2.05. The molecule has 0 aromatic heterocycles. The zero-order chi connectivity index (χ0) is 37.9. The zero-order valence-electron chi connectivity index (χ0n) is 29.6. The number of hydrogen-bond acceptors (Lipinski definition) is 9. The van der Waals surface area contributed by atoms with Crippen molar-refractivity contribution in [2.45, 2.75) is 9.79 Å². The summed E-state index contributed by atoms with van der Waals surface area (Å²) in [7, 11) is -3.26. The average molecular weight is 755 g/mol. The van der Waals surface area contributed by atoms with E-state index in [1.807, 2.05) is 152 Å². The van der Waals surface area contributed by atoms with E-state index >= 15 is 0 Å². The Morgan fingerprint density at radius 2 is 0.852 bits per heavy atom. The van der Waals surface area contributed by atoms with Gasteiger partial charge in [0.15, 0.2) is 9.84 Å². The second-order valence-electron chi connectivity index (χ2n) is 11.2. The lowest BCUT2D eigenvalue weighted by Gasteiger charge is -2.06. The molecule has 6 rings (SSSR count). The van der Waals surface area contributed by atoms with Gasteiger partial charge in [0.2, 0.25) is 11.8 Å². The van der Waals surface area contributed by atoms with Crippen molar-refractivity contribution in [1.29, 1.82) is 0 Å². The van der Waals surface area contributed by atoms with Crippen LogP contribution in [0.15, 0.2) is 214 Å². The Morgan fingerprint density at radius 3 is 1.20 bits per heavy atom. The molecule has 0 bridgehead atoms. The minimum atomic E-state index is -3.26. The summed E-state index contributed by atoms with van der Waals surface area (Å²) in [4.78, 5) is 10.4. The van der Waals surface area contributed by atoms with Crippen molar-refractivity contribution in [1.82, 2.24) is 0 Å². The number of nitrogens with zero attached hydrogens (tertiary/aromatic N) is 2. The van der Waals surface area contributed by atoms with Crippen LogP contribution in [0.5, 0.6) is 23.0 Å². The van der Waals surface area contributed by atoms with Gasteiger partial charge in [-0.05, 0) is 103 Å². The van der Waals surface area contributed by atoms with Crippen molar-refractivity contribution in [3.63, 3.8) is 0 Å². The molecule has 0 aliphatic carbocycles. The Bertz CT molecular complexity index is 2250. The summed E-state index contributed by atoms with van der Waals surface area (Å²) in [5.74, 6) is 3.54. The van der Waals surface area contributed by atoms with Gasteiger partial charge in [-0.3, -0.25) is 0 Å². The Kier molecular flexibility index (Phi) is 14.8. The van der Waals surface area contributed by atoms with Gasteiger partial charge in [-0.2, -0.15) is 0 Å². The first-order chi connectivity index (χ1) is 26.3. The maximum Gasteiger partial charge on any atom is 0.222 e. The fraction of sp³-hybridized carbons (Fsp3) is 0.0455. The molecule has 0 aliphatic rings. The Balaban J connectivity index is 0.000000208. The van der Waals surface area contributed by atoms with Gasteiger partial charge in [0, 0.05) is 23.3 Å². The molecular formula is C44H38N2O6S2. The van der Waals surface area contributed by atoms with E-state index in [2.05, 4.69) is 9.98 Å². The number of hydrogen-bond donors (Lipinski definition) is 0. The number of thioether (sulfide) groups is 1. The molecule has 0 aliphatic heterocycles. The molecule has 6 aromatic carbocycles. The Hall–Kier alpha value is -6.36. The van der Waals surface area contributed by atoms with Crippen molar-refractivity contribution < 1.29 is 27.4 Å². The third kappa shape index (κ3) is 13.6. The summed E-state index contributed by atoms with van der Waals surface area (Å²) in [6.07, 6.45) is 9.59. The summed E-state index contributed by atoms with van der Waals surface area (Å²) < 4.78 is 46.1. The molecule has 0 amide bonds. The van der Waals surface area contributed by atoms with Crippen LogP contribution in [0.1, 0.15) is 0 Å². The van der Waals surface area contributed by atoms with E-state index in [-0.39, 0.29) is 4.90 Å². The molecule has 0 spiro atoms. The van der Waals surface area contributed by atoms with Crippen LogP contribution < -0.4 is 18.9 Å². The molecular weight excluding hydrogens is 717 g/mol. The van der Waals surface area contributed by atoms with Crippen LogP contribution in [0.4, 0.5) is 11.4 Å². The molecule has 0 atom stereocenters. The fourth-order valence-corrected chi connectivity index (χ4v) is 5.46. The first-order valence-electron chi connectivity index (χ1n) is 16.7. The summed E-state index contributed by atoms with van der Waals surface area (Å²) in [6.45, 7) is 0. The largest absolute Gasteiger partial charge is 0.465 e. The Labute approximate surface area is 320 Å². The van der Waals surface area contributed by atoms with Crippen LogP contribution in [-0.2, 0) is 9.84 Å². The number of benzene rings is 6. The van der Waals surface area contributed by atoms with Crippen molar-refractivity contribution in [2.75, 3.05) is 12.5 Å². The second kappa shape index (κ2) is 20.6. The molecule has 0 saturated heterocycles. The molecule has 0 fully saturated rings. The van der Waals surface area contributed by atoms with Crippen LogP contribution in [0.3, 0.4) is 0 Å². The number of sulfone groups is 1. The van der Waals surface area contributed by atoms with Crippen molar-refractivity contribution in [3.8, 4) is 23.0 Å². The number of rotatable bonds is 12. The fourth-order valence-electron chi connectivity index (χ4n) is 4.43. The standard InChI is InChI=1S/C22H19NO4S.C22H19NO2S/c1-28(24,25)21-14-12-18(13-15-21)23-22(27-20-10-6-3-7-11-20)16-17-26-19-8-4-2-5-9-19;1-26-21-14-12-18(13-15-21)23-22(25-20-10-6-3-7-11-20)16-17-24-19-8-4-2-5-9-19/h2-17H,1H3;2-17H,1H3. The monoisotopic (exact) mass is 754 g/mol. The topological polar surface area (TPSA) is 95.8 Å². The predicted molar refractivity (Wildman–Crippen MR) is 219 cm³/mol. The summed E-state index contributed by atoms with van der Waals surface area (Å²) in [5.41, 5.74) is 1.38. The average Bonchev–Trinajstić information content (AvgIpc) is 3.20. The van der Waals surface area contributed by atoms with Gasteiger partial charge in [0.25, 0.3) is 0 Å². The SMILES string of the molecule is CS(=O)(=O)c1ccc(N=C(C=COc2ccccc2)Oc2ccccc2)cc1.CSc1ccc(N=C(C=COc2ccccc2)Oc2ccccc2)cc1. The first kappa shape index (κ1) is 38.9. The highest BCUT2D eigenvalue weighted by atomic mass is 32.2. The normalized spacial score (nSPS) is 11.8. The van der Waals surface area contributed by atoms with Crippen molar-refractivity contribution in [3.05, 3.63) is 195 Å². The van der Waals surface area contributed by atoms with E-state index in [9.17, 15) is 8.42 Å². The van der Waals surface area contributed by atoms with Crippen LogP contribution in [0.25, 0.3) is 0 Å². The third-order valence-corrected chi connectivity index (χ3v) is 8.94. The van der Waals surface area contributed by atoms with Gasteiger partial charge in [-0.25, -0.2) is 18.4 Å². The molecule has 272 valence electrons. The zero-order valence-corrected chi connectivity index (χ0v) is 31.3. The van der Waals surface area contributed by atoms with Crippen LogP contribution >= 0.6 is 11.8 Å². The van der Waals surface area contributed by atoms with Crippen molar-refractivity contribution in [2.24, 2.45) is 9.98 Å². The van der Waals surface area contributed by atoms with Gasteiger partial charge < -0.3 is 18.9 Å². The van der Waals surface area contributed by atoms with Gasteiger partial charge in [0.05, 0.1) is 28.8 Å². The maximum atomic E-state index is 11.6.